The highest BCUT2D eigenvalue weighted by Gasteiger charge is 2.33. The van der Waals surface area contributed by atoms with Crippen molar-refractivity contribution < 1.29 is 9.84 Å². The molecule has 0 amide bonds. The molecule has 0 spiro atoms. The molecule has 0 radical (unpaired) electrons. The third-order valence-corrected chi connectivity index (χ3v) is 4.15. The van der Waals surface area contributed by atoms with Crippen molar-refractivity contribution in [1.29, 1.82) is 0 Å². The van der Waals surface area contributed by atoms with Crippen molar-refractivity contribution in [3.8, 4) is 11.4 Å². The van der Waals surface area contributed by atoms with E-state index in [1.54, 1.807) is 18.6 Å². The van der Waals surface area contributed by atoms with Crippen LogP contribution >= 0.6 is 0 Å². The van der Waals surface area contributed by atoms with E-state index in [0.29, 0.717) is 13.2 Å². The first-order chi connectivity index (χ1) is 10.2. The molecule has 0 unspecified atom stereocenters. The molecule has 0 aromatic carbocycles. The molecule has 2 aromatic heterocycles. The predicted octanol–water partition coefficient (Wildman–Crippen LogP) is 1.44. The molecule has 2 aromatic rings. The number of hydrogen-bond donors (Lipinski definition) is 1. The van der Waals surface area contributed by atoms with E-state index >= 15 is 0 Å². The summed E-state index contributed by atoms with van der Waals surface area (Å²) in [6.07, 6.45) is 9.03. The van der Waals surface area contributed by atoms with Crippen LogP contribution in [0, 0.1) is 12.3 Å². The number of aromatic nitrogens is 4. The molecule has 0 atom stereocenters. The average molecular weight is 288 g/mol. The lowest BCUT2D eigenvalue weighted by Crippen LogP contribution is -2.37. The molecule has 21 heavy (non-hydrogen) atoms. The SMILES string of the molecule is Cc1ncc(-c2nccn2CC2(CO)CCOCC2)cn1. The van der Waals surface area contributed by atoms with Gasteiger partial charge >= 0.3 is 0 Å². The van der Waals surface area contributed by atoms with E-state index in [4.69, 9.17) is 4.74 Å². The maximum absolute atomic E-state index is 9.82. The number of aliphatic hydroxyl groups is 1. The molecule has 3 rings (SSSR count). The van der Waals surface area contributed by atoms with Gasteiger partial charge in [0.2, 0.25) is 0 Å². The van der Waals surface area contributed by atoms with Crippen molar-refractivity contribution in [2.45, 2.75) is 26.3 Å². The number of nitrogens with zero attached hydrogens (tertiary/aromatic N) is 4. The number of aryl methyl sites for hydroxylation is 1. The van der Waals surface area contributed by atoms with E-state index in [-0.39, 0.29) is 12.0 Å². The molecule has 112 valence electrons. The van der Waals surface area contributed by atoms with Gasteiger partial charge < -0.3 is 14.4 Å². The maximum atomic E-state index is 9.82. The van der Waals surface area contributed by atoms with Gasteiger partial charge in [0.05, 0.1) is 12.2 Å². The van der Waals surface area contributed by atoms with Gasteiger partial charge in [-0.15, -0.1) is 0 Å². The Hall–Kier alpha value is -1.79. The smallest absolute Gasteiger partial charge is 0.143 e. The van der Waals surface area contributed by atoms with E-state index in [1.807, 2.05) is 13.1 Å². The second kappa shape index (κ2) is 5.91. The van der Waals surface area contributed by atoms with Crippen LogP contribution in [0.3, 0.4) is 0 Å². The molecule has 3 heterocycles. The monoisotopic (exact) mass is 288 g/mol. The molecular formula is C15H20N4O2. The first kappa shape index (κ1) is 14.2. The first-order valence-corrected chi connectivity index (χ1v) is 7.21. The topological polar surface area (TPSA) is 73.1 Å². The van der Waals surface area contributed by atoms with Crippen LogP contribution in [0.15, 0.2) is 24.8 Å². The van der Waals surface area contributed by atoms with E-state index in [2.05, 4.69) is 19.5 Å². The summed E-state index contributed by atoms with van der Waals surface area (Å²) in [6, 6.07) is 0. The van der Waals surface area contributed by atoms with Crippen molar-refractivity contribution in [1.82, 2.24) is 19.5 Å². The largest absolute Gasteiger partial charge is 0.396 e. The average Bonchev–Trinajstić information content (AvgIpc) is 2.97. The van der Waals surface area contributed by atoms with Crippen LogP contribution < -0.4 is 0 Å². The molecule has 1 aliphatic rings. The molecule has 1 aliphatic heterocycles. The van der Waals surface area contributed by atoms with Crippen molar-refractivity contribution >= 4 is 0 Å². The Labute approximate surface area is 123 Å². The third kappa shape index (κ3) is 2.96. The molecule has 6 nitrogen and oxygen atoms in total. The summed E-state index contributed by atoms with van der Waals surface area (Å²) < 4.78 is 7.50. The second-order valence-corrected chi connectivity index (χ2v) is 5.67. The number of rotatable bonds is 4. The lowest BCUT2D eigenvalue weighted by atomic mass is 9.81. The lowest BCUT2D eigenvalue weighted by molar-refractivity contribution is -0.0250. The first-order valence-electron chi connectivity index (χ1n) is 7.21. The molecule has 6 heteroatoms. The van der Waals surface area contributed by atoms with Crippen LogP contribution in [-0.4, -0.2) is 44.4 Å². The zero-order valence-corrected chi connectivity index (χ0v) is 12.2. The summed E-state index contributed by atoms with van der Waals surface area (Å²) in [5.74, 6) is 1.59. The van der Waals surface area contributed by atoms with Gasteiger partial charge in [0.25, 0.3) is 0 Å². The highest BCUT2D eigenvalue weighted by atomic mass is 16.5. The van der Waals surface area contributed by atoms with Crippen molar-refractivity contribution in [2.75, 3.05) is 19.8 Å². The highest BCUT2D eigenvalue weighted by Crippen LogP contribution is 2.33. The van der Waals surface area contributed by atoms with Crippen molar-refractivity contribution in [3.63, 3.8) is 0 Å². The molecular weight excluding hydrogens is 268 g/mol. The fraction of sp³-hybridized carbons (Fsp3) is 0.533. The van der Waals surface area contributed by atoms with E-state index in [0.717, 1.165) is 36.6 Å². The van der Waals surface area contributed by atoms with Crippen LogP contribution in [0.2, 0.25) is 0 Å². The summed E-state index contributed by atoms with van der Waals surface area (Å²) in [4.78, 5) is 12.9. The third-order valence-electron chi connectivity index (χ3n) is 4.15. The Morgan fingerprint density at radius 1 is 1.24 bits per heavy atom. The summed E-state index contributed by atoms with van der Waals surface area (Å²) in [5, 5.41) is 9.82. The minimum atomic E-state index is -0.126. The molecule has 1 N–H and O–H groups in total. The van der Waals surface area contributed by atoms with Crippen molar-refractivity contribution in [3.05, 3.63) is 30.6 Å². The molecule has 0 bridgehead atoms. The number of aliphatic hydroxyl groups excluding tert-OH is 1. The Balaban J connectivity index is 1.86. The Morgan fingerprint density at radius 3 is 2.62 bits per heavy atom. The fourth-order valence-electron chi connectivity index (χ4n) is 2.74. The van der Waals surface area contributed by atoms with Gasteiger partial charge in [-0.1, -0.05) is 0 Å². The van der Waals surface area contributed by atoms with Gasteiger partial charge in [-0.2, -0.15) is 0 Å². The van der Waals surface area contributed by atoms with Crippen LogP contribution in [0.1, 0.15) is 18.7 Å². The standard InChI is InChI=1S/C15H20N4O2/c1-12-17-8-13(9-18-12)14-16-4-5-19(14)10-15(11-20)2-6-21-7-3-15/h4-5,8-9,20H,2-3,6-7,10-11H2,1H3. The minimum Gasteiger partial charge on any atom is -0.396 e. The molecule has 0 aliphatic carbocycles. The zero-order valence-electron chi connectivity index (χ0n) is 12.2. The van der Waals surface area contributed by atoms with Crippen LogP contribution in [0.5, 0.6) is 0 Å². The zero-order chi connectivity index (χ0) is 14.7. The summed E-state index contributed by atoms with van der Waals surface area (Å²) >= 11 is 0. The molecule has 1 saturated heterocycles. The Morgan fingerprint density at radius 2 is 1.95 bits per heavy atom. The van der Waals surface area contributed by atoms with Gasteiger partial charge in [0.15, 0.2) is 0 Å². The van der Waals surface area contributed by atoms with Gasteiger partial charge in [0.1, 0.15) is 11.6 Å². The minimum absolute atomic E-state index is 0.126. The lowest BCUT2D eigenvalue weighted by Gasteiger charge is -2.36. The van der Waals surface area contributed by atoms with E-state index in [1.165, 1.54) is 0 Å². The molecule has 0 saturated carbocycles. The Bertz CT molecular complexity index is 588. The number of ether oxygens (including phenoxy) is 1. The van der Waals surface area contributed by atoms with E-state index < -0.39 is 0 Å². The summed E-state index contributed by atoms with van der Waals surface area (Å²) in [6.45, 7) is 4.17. The summed E-state index contributed by atoms with van der Waals surface area (Å²) in [7, 11) is 0. The quantitative estimate of drug-likeness (QED) is 0.921. The van der Waals surface area contributed by atoms with Crippen LogP contribution in [0.4, 0.5) is 0 Å². The summed E-state index contributed by atoms with van der Waals surface area (Å²) in [5.41, 5.74) is 0.768. The van der Waals surface area contributed by atoms with Crippen LogP contribution in [-0.2, 0) is 11.3 Å². The van der Waals surface area contributed by atoms with Gasteiger partial charge in [-0.25, -0.2) is 15.0 Å². The molecule has 1 fully saturated rings. The van der Waals surface area contributed by atoms with Gasteiger partial charge in [-0.3, -0.25) is 0 Å². The van der Waals surface area contributed by atoms with Crippen LogP contribution in [0.25, 0.3) is 11.4 Å². The maximum Gasteiger partial charge on any atom is 0.143 e. The number of imidazole rings is 1. The predicted molar refractivity (Wildman–Crippen MR) is 77.6 cm³/mol. The normalized spacial score (nSPS) is 17.8. The highest BCUT2D eigenvalue weighted by molar-refractivity contribution is 5.52. The Kier molecular flexibility index (Phi) is 3.98. The van der Waals surface area contributed by atoms with Gasteiger partial charge in [0, 0.05) is 50.0 Å². The van der Waals surface area contributed by atoms with Gasteiger partial charge in [-0.05, 0) is 19.8 Å². The fourth-order valence-corrected chi connectivity index (χ4v) is 2.74. The second-order valence-electron chi connectivity index (χ2n) is 5.67. The van der Waals surface area contributed by atoms with Crippen molar-refractivity contribution in [2.24, 2.45) is 5.41 Å². The number of hydrogen-bond acceptors (Lipinski definition) is 5. The van der Waals surface area contributed by atoms with E-state index in [9.17, 15) is 5.11 Å².